The molecule has 0 unspecified atom stereocenters. The van der Waals surface area contributed by atoms with Gasteiger partial charge in [0.05, 0.1) is 0 Å². The topological polar surface area (TPSA) is 26.8 Å². The average Bonchev–Trinajstić information content (AvgIpc) is 2.27. The van der Waals surface area contributed by atoms with E-state index in [-0.39, 0.29) is 6.03 Å². The Morgan fingerprint density at radius 2 is 1.81 bits per heavy atom. The zero-order valence-electron chi connectivity index (χ0n) is 11.1. The third kappa shape index (κ3) is 3.67. The van der Waals surface area contributed by atoms with E-state index in [1.807, 2.05) is 18.9 Å². The molecule has 94 valence electrons. The van der Waals surface area contributed by atoms with Crippen LogP contribution in [0.2, 0.25) is 0 Å². The van der Waals surface area contributed by atoms with Crippen molar-refractivity contribution in [2.24, 2.45) is 5.92 Å². The molecule has 1 aliphatic heterocycles. The van der Waals surface area contributed by atoms with Crippen molar-refractivity contribution in [1.29, 1.82) is 0 Å². The molecule has 0 bridgehead atoms. The van der Waals surface area contributed by atoms with Gasteiger partial charge in [0.1, 0.15) is 0 Å². The smallest absolute Gasteiger partial charge is 0.319 e. The Hall–Kier alpha value is -0.770. The van der Waals surface area contributed by atoms with Gasteiger partial charge in [-0.2, -0.15) is 0 Å². The summed E-state index contributed by atoms with van der Waals surface area (Å²) >= 11 is 0. The number of nitrogens with zero attached hydrogens (tertiary/aromatic N) is 3. The lowest BCUT2D eigenvalue weighted by molar-refractivity contribution is 0.114. The Kier molecular flexibility index (Phi) is 5.06. The number of carbonyl (C=O) groups is 1. The minimum atomic E-state index is 0.173. The molecule has 1 aliphatic rings. The summed E-state index contributed by atoms with van der Waals surface area (Å²) in [5, 5.41) is 0. The van der Waals surface area contributed by atoms with Crippen molar-refractivity contribution in [3.8, 4) is 0 Å². The van der Waals surface area contributed by atoms with E-state index in [4.69, 9.17) is 0 Å². The van der Waals surface area contributed by atoms with Crippen LogP contribution in [0.15, 0.2) is 0 Å². The summed E-state index contributed by atoms with van der Waals surface area (Å²) in [5.41, 5.74) is 0. The van der Waals surface area contributed by atoms with E-state index in [9.17, 15) is 4.79 Å². The molecule has 4 heteroatoms. The molecular formula is C12H25N3O. The van der Waals surface area contributed by atoms with Crippen LogP contribution in [0, 0.1) is 5.92 Å². The lowest BCUT2D eigenvalue weighted by Crippen LogP contribution is -2.52. The lowest BCUT2D eigenvalue weighted by Gasteiger charge is -2.37. The first kappa shape index (κ1) is 13.3. The van der Waals surface area contributed by atoms with Crippen LogP contribution in [0.5, 0.6) is 0 Å². The molecule has 1 heterocycles. The highest BCUT2D eigenvalue weighted by atomic mass is 16.2. The van der Waals surface area contributed by atoms with E-state index in [0.717, 1.165) is 39.3 Å². The van der Waals surface area contributed by atoms with Crippen LogP contribution in [0.25, 0.3) is 0 Å². The van der Waals surface area contributed by atoms with Gasteiger partial charge in [-0.15, -0.1) is 0 Å². The molecule has 1 saturated heterocycles. The average molecular weight is 227 g/mol. The zero-order chi connectivity index (χ0) is 12.1. The molecule has 0 radical (unpaired) electrons. The van der Waals surface area contributed by atoms with Crippen LogP contribution in [0.4, 0.5) is 4.79 Å². The molecule has 1 rings (SSSR count). The van der Waals surface area contributed by atoms with Gasteiger partial charge in [-0.1, -0.05) is 13.8 Å². The first-order valence-corrected chi connectivity index (χ1v) is 6.27. The van der Waals surface area contributed by atoms with Gasteiger partial charge in [-0.05, 0) is 12.8 Å². The Morgan fingerprint density at radius 1 is 1.25 bits per heavy atom. The molecule has 2 amide bonds. The maximum atomic E-state index is 11.9. The van der Waals surface area contributed by atoms with Crippen molar-refractivity contribution < 1.29 is 4.79 Å². The number of hydrogen-bond donors (Lipinski definition) is 0. The standard InChI is InChI=1S/C12H25N3O/c1-5-13(4)12(16)15-8-6-14(7-9-15)10-11(2)3/h11H,5-10H2,1-4H3. The van der Waals surface area contributed by atoms with Gasteiger partial charge < -0.3 is 9.80 Å². The summed E-state index contributed by atoms with van der Waals surface area (Å²) < 4.78 is 0. The molecule has 0 aromatic carbocycles. The van der Waals surface area contributed by atoms with E-state index in [0.29, 0.717) is 5.92 Å². The molecule has 0 aliphatic carbocycles. The summed E-state index contributed by atoms with van der Waals surface area (Å²) in [6.45, 7) is 12.2. The highest BCUT2D eigenvalue weighted by Crippen LogP contribution is 2.07. The third-order valence-corrected chi connectivity index (χ3v) is 3.07. The van der Waals surface area contributed by atoms with Crippen molar-refractivity contribution >= 4 is 6.03 Å². The maximum Gasteiger partial charge on any atom is 0.319 e. The first-order chi connectivity index (χ1) is 7.54. The minimum absolute atomic E-state index is 0.173. The minimum Gasteiger partial charge on any atom is -0.328 e. The maximum absolute atomic E-state index is 11.9. The van der Waals surface area contributed by atoms with Crippen molar-refractivity contribution in [3.63, 3.8) is 0 Å². The fraction of sp³-hybridized carbons (Fsp3) is 0.917. The van der Waals surface area contributed by atoms with Crippen LogP contribution in [-0.4, -0.2) is 67.0 Å². The number of piperazine rings is 1. The van der Waals surface area contributed by atoms with Gasteiger partial charge in [0.2, 0.25) is 0 Å². The van der Waals surface area contributed by atoms with E-state index >= 15 is 0 Å². The fourth-order valence-electron chi connectivity index (χ4n) is 2.01. The van der Waals surface area contributed by atoms with Crippen LogP contribution >= 0.6 is 0 Å². The van der Waals surface area contributed by atoms with Crippen molar-refractivity contribution in [1.82, 2.24) is 14.7 Å². The second-order valence-electron chi connectivity index (χ2n) is 4.98. The molecular weight excluding hydrogens is 202 g/mol. The highest BCUT2D eigenvalue weighted by Gasteiger charge is 2.22. The summed E-state index contributed by atoms with van der Waals surface area (Å²) in [7, 11) is 1.86. The number of hydrogen-bond acceptors (Lipinski definition) is 2. The van der Waals surface area contributed by atoms with Gasteiger partial charge in [0.15, 0.2) is 0 Å². The fourth-order valence-corrected chi connectivity index (χ4v) is 2.01. The monoisotopic (exact) mass is 227 g/mol. The van der Waals surface area contributed by atoms with Gasteiger partial charge >= 0.3 is 6.03 Å². The summed E-state index contributed by atoms with van der Waals surface area (Å²) in [5.74, 6) is 0.709. The van der Waals surface area contributed by atoms with Crippen molar-refractivity contribution in [2.75, 3.05) is 46.3 Å². The van der Waals surface area contributed by atoms with Crippen molar-refractivity contribution in [3.05, 3.63) is 0 Å². The summed E-state index contributed by atoms with van der Waals surface area (Å²) in [6.07, 6.45) is 0. The Balaban J connectivity index is 2.34. The SMILES string of the molecule is CCN(C)C(=O)N1CCN(CC(C)C)CC1. The van der Waals surface area contributed by atoms with Crippen LogP contribution in [-0.2, 0) is 0 Å². The largest absolute Gasteiger partial charge is 0.328 e. The highest BCUT2D eigenvalue weighted by molar-refractivity contribution is 5.74. The van der Waals surface area contributed by atoms with Crippen LogP contribution in [0.3, 0.4) is 0 Å². The van der Waals surface area contributed by atoms with Crippen molar-refractivity contribution in [2.45, 2.75) is 20.8 Å². The van der Waals surface area contributed by atoms with E-state index in [1.165, 1.54) is 0 Å². The zero-order valence-corrected chi connectivity index (χ0v) is 11.1. The number of carbonyl (C=O) groups excluding carboxylic acids is 1. The normalized spacial score (nSPS) is 17.9. The Morgan fingerprint density at radius 3 is 2.25 bits per heavy atom. The third-order valence-electron chi connectivity index (χ3n) is 3.07. The van der Waals surface area contributed by atoms with Crippen LogP contribution < -0.4 is 0 Å². The summed E-state index contributed by atoms with van der Waals surface area (Å²) in [4.78, 5) is 18.1. The second-order valence-corrected chi connectivity index (χ2v) is 4.98. The van der Waals surface area contributed by atoms with E-state index < -0.39 is 0 Å². The number of urea groups is 1. The Labute approximate surface area is 99.2 Å². The van der Waals surface area contributed by atoms with Gasteiger partial charge in [0.25, 0.3) is 0 Å². The summed E-state index contributed by atoms with van der Waals surface area (Å²) in [6, 6.07) is 0.173. The predicted octanol–water partition coefficient (Wildman–Crippen LogP) is 1.33. The first-order valence-electron chi connectivity index (χ1n) is 6.27. The Bertz CT molecular complexity index is 222. The molecule has 0 saturated carbocycles. The molecule has 1 fully saturated rings. The predicted molar refractivity (Wildman–Crippen MR) is 66.6 cm³/mol. The lowest BCUT2D eigenvalue weighted by atomic mass is 10.2. The molecule has 0 atom stereocenters. The molecule has 0 spiro atoms. The van der Waals surface area contributed by atoms with Gasteiger partial charge in [0, 0.05) is 46.3 Å². The molecule has 4 nitrogen and oxygen atoms in total. The number of rotatable bonds is 3. The number of amides is 2. The molecule has 0 N–H and O–H groups in total. The van der Waals surface area contributed by atoms with E-state index in [1.54, 1.807) is 4.90 Å². The molecule has 0 aromatic rings. The molecule has 16 heavy (non-hydrogen) atoms. The second kappa shape index (κ2) is 6.09. The molecule has 0 aromatic heterocycles. The van der Waals surface area contributed by atoms with Gasteiger partial charge in [-0.3, -0.25) is 4.90 Å². The quantitative estimate of drug-likeness (QED) is 0.727. The van der Waals surface area contributed by atoms with E-state index in [2.05, 4.69) is 18.7 Å². The van der Waals surface area contributed by atoms with Gasteiger partial charge in [-0.25, -0.2) is 4.79 Å². The van der Waals surface area contributed by atoms with Crippen LogP contribution in [0.1, 0.15) is 20.8 Å².